The van der Waals surface area contributed by atoms with E-state index in [0.717, 1.165) is 6.07 Å². The SMILES string of the molecule is COc1c(C2=C(C(=O)O)[C@@H]3CC[C@H]2O3)ccc(F)c1F. The molecule has 4 nitrogen and oxygen atoms in total. The minimum atomic E-state index is -1.12. The molecule has 0 radical (unpaired) electrons. The minimum Gasteiger partial charge on any atom is -0.493 e. The van der Waals surface area contributed by atoms with Crippen LogP contribution in [0, 0.1) is 11.6 Å². The van der Waals surface area contributed by atoms with Crippen LogP contribution >= 0.6 is 0 Å². The van der Waals surface area contributed by atoms with Gasteiger partial charge in [0, 0.05) is 11.1 Å². The van der Waals surface area contributed by atoms with E-state index in [1.807, 2.05) is 0 Å². The average Bonchev–Trinajstić information content (AvgIpc) is 3.01. The summed E-state index contributed by atoms with van der Waals surface area (Å²) in [6.07, 6.45) is 0.413. The van der Waals surface area contributed by atoms with Gasteiger partial charge in [0.05, 0.1) is 24.9 Å². The molecule has 1 fully saturated rings. The molecule has 0 spiro atoms. The van der Waals surface area contributed by atoms with Gasteiger partial charge in [-0.15, -0.1) is 0 Å². The number of halogens is 2. The van der Waals surface area contributed by atoms with E-state index in [-0.39, 0.29) is 16.9 Å². The topological polar surface area (TPSA) is 55.8 Å². The lowest BCUT2D eigenvalue weighted by molar-refractivity contribution is -0.133. The monoisotopic (exact) mass is 282 g/mol. The van der Waals surface area contributed by atoms with Gasteiger partial charge < -0.3 is 14.6 Å². The third-order valence-electron chi connectivity index (χ3n) is 3.73. The van der Waals surface area contributed by atoms with Crippen molar-refractivity contribution in [2.75, 3.05) is 7.11 Å². The van der Waals surface area contributed by atoms with Crippen molar-refractivity contribution in [2.45, 2.75) is 25.0 Å². The number of aliphatic carboxylic acids is 1. The van der Waals surface area contributed by atoms with E-state index in [2.05, 4.69) is 0 Å². The Morgan fingerprint density at radius 3 is 2.70 bits per heavy atom. The number of ether oxygens (including phenoxy) is 2. The molecule has 3 rings (SSSR count). The number of rotatable bonds is 3. The molecule has 1 N–H and O–H groups in total. The molecule has 1 aromatic carbocycles. The molecule has 1 aromatic rings. The maximum atomic E-state index is 13.8. The molecule has 2 aliphatic rings. The second-order valence-electron chi connectivity index (χ2n) is 4.77. The van der Waals surface area contributed by atoms with Gasteiger partial charge in [-0.25, -0.2) is 9.18 Å². The zero-order valence-electron chi connectivity index (χ0n) is 10.7. The van der Waals surface area contributed by atoms with E-state index in [9.17, 15) is 18.7 Å². The Labute approximate surface area is 113 Å². The van der Waals surface area contributed by atoms with Gasteiger partial charge in [0.15, 0.2) is 11.6 Å². The van der Waals surface area contributed by atoms with Crippen LogP contribution in [0.3, 0.4) is 0 Å². The highest BCUT2D eigenvalue weighted by molar-refractivity contribution is 6.01. The van der Waals surface area contributed by atoms with Gasteiger partial charge in [0.1, 0.15) is 0 Å². The third kappa shape index (κ3) is 1.71. The molecule has 2 bridgehead atoms. The normalized spacial score (nSPS) is 24.4. The van der Waals surface area contributed by atoms with Crippen molar-refractivity contribution in [3.63, 3.8) is 0 Å². The first-order valence-electron chi connectivity index (χ1n) is 6.19. The molecule has 6 heteroatoms. The summed E-state index contributed by atoms with van der Waals surface area (Å²) in [6, 6.07) is 2.30. The van der Waals surface area contributed by atoms with E-state index in [1.165, 1.54) is 13.2 Å². The lowest BCUT2D eigenvalue weighted by Crippen LogP contribution is -2.16. The van der Waals surface area contributed by atoms with Crippen LogP contribution in [0.15, 0.2) is 17.7 Å². The summed E-state index contributed by atoms with van der Waals surface area (Å²) in [4.78, 5) is 11.4. The third-order valence-corrected chi connectivity index (χ3v) is 3.73. The Kier molecular flexibility index (Phi) is 2.97. The molecule has 0 aromatic heterocycles. The highest BCUT2D eigenvalue weighted by atomic mass is 19.2. The molecule has 1 saturated heterocycles. The molecule has 2 atom stereocenters. The van der Waals surface area contributed by atoms with Gasteiger partial charge in [-0.3, -0.25) is 0 Å². The van der Waals surface area contributed by atoms with Crippen molar-refractivity contribution in [1.82, 2.24) is 0 Å². The number of carboxylic acids is 1. The van der Waals surface area contributed by atoms with E-state index in [4.69, 9.17) is 9.47 Å². The number of fused-ring (bicyclic) bond motifs is 2. The predicted octanol–water partition coefficient (Wildman–Crippen LogP) is 2.37. The summed E-state index contributed by atoms with van der Waals surface area (Å²) >= 11 is 0. The molecule has 0 aliphatic carbocycles. The Bertz CT molecular complexity index is 624. The second kappa shape index (κ2) is 4.56. The maximum Gasteiger partial charge on any atom is 0.334 e. The molecule has 106 valence electrons. The summed E-state index contributed by atoms with van der Waals surface area (Å²) in [7, 11) is 1.22. The summed E-state index contributed by atoms with van der Waals surface area (Å²) < 4.78 is 37.5. The van der Waals surface area contributed by atoms with Crippen LogP contribution in [-0.4, -0.2) is 30.4 Å². The number of hydrogen-bond donors (Lipinski definition) is 1. The molecule has 0 saturated carbocycles. The molecule has 20 heavy (non-hydrogen) atoms. The maximum absolute atomic E-state index is 13.8. The number of methoxy groups -OCH3 is 1. The molecule has 2 aliphatic heterocycles. The van der Waals surface area contributed by atoms with Crippen LogP contribution in [0.2, 0.25) is 0 Å². The zero-order chi connectivity index (χ0) is 14.4. The van der Waals surface area contributed by atoms with Gasteiger partial charge in [-0.2, -0.15) is 4.39 Å². The lowest BCUT2D eigenvalue weighted by atomic mass is 9.87. The molecular weight excluding hydrogens is 270 g/mol. The molecular formula is C14H12F2O4. The highest BCUT2D eigenvalue weighted by Gasteiger charge is 2.44. The first kappa shape index (κ1) is 13.1. The van der Waals surface area contributed by atoms with Crippen molar-refractivity contribution >= 4 is 11.5 Å². The van der Waals surface area contributed by atoms with E-state index >= 15 is 0 Å². The van der Waals surface area contributed by atoms with Gasteiger partial charge in [-0.1, -0.05) is 0 Å². The summed E-state index contributed by atoms with van der Waals surface area (Å²) in [6.45, 7) is 0. The molecule has 2 heterocycles. The summed E-state index contributed by atoms with van der Waals surface area (Å²) in [5.74, 6) is -3.54. The highest BCUT2D eigenvalue weighted by Crippen LogP contribution is 2.47. The Morgan fingerprint density at radius 1 is 1.35 bits per heavy atom. The fourth-order valence-electron chi connectivity index (χ4n) is 2.92. The minimum absolute atomic E-state index is 0.116. The largest absolute Gasteiger partial charge is 0.493 e. The number of carbonyl (C=O) groups is 1. The van der Waals surface area contributed by atoms with E-state index < -0.39 is 29.8 Å². The molecule has 0 unspecified atom stereocenters. The quantitative estimate of drug-likeness (QED) is 0.924. The standard InChI is InChI=1S/C14H12F2O4/c1-19-13-6(2-3-7(15)12(13)16)10-8-4-5-9(20-8)11(10)14(17)18/h2-3,8-9H,4-5H2,1H3,(H,17,18)/t8-,9+/m1/s1. The van der Waals surface area contributed by atoms with Crippen LogP contribution in [0.5, 0.6) is 5.75 Å². The Morgan fingerprint density at radius 2 is 2.05 bits per heavy atom. The van der Waals surface area contributed by atoms with Crippen molar-refractivity contribution in [3.05, 3.63) is 34.9 Å². The van der Waals surface area contributed by atoms with Crippen molar-refractivity contribution in [1.29, 1.82) is 0 Å². The van der Waals surface area contributed by atoms with Crippen molar-refractivity contribution in [3.8, 4) is 5.75 Å². The first-order chi connectivity index (χ1) is 9.54. The number of hydrogen-bond acceptors (Lipinski definition) is 3. The van der Waals surface area contributed by atoms with E-state index in [0.29, 0.717) is 18.4 Å². The second-order valence-corrected chi connectivity index (χ2v) is 4.77. The van der Waals surface area contributed by atoms with Gasteiger partial charge >= 0.3 is 5.97 Å². The fourth-order valence-corrected chi connectivity index (χ4v) is 2.92. The van der Waals surface area contributed by atoms with E-state index in [1.54, 1.807) is 0 Å². The smallest absolute Gasteiger partial charge is 0.334 e. The summed E-state index contributed by atoms with van der Waals surface area (Å²) in [5, 5.41) is 9.31. The van der Waals surface area contributed by atoms with Gasteiger partial charge in [0.25, 0.3) is 0 Å². The van der Waals surface area contributed by atoms with Crippen LogP contribution in [-0.2, 0) is 9.53 Å². The predicted molar refractivity (Wildman–Crippen MR) is 65.4 cm³/mol. The Hall–Kier alpha value is -1.95. The lowest BCUT2D eigenvalue weighted by Gasteiger charge is -2.17. The average molecular weight is 282 g/mol. The van der Waals surface area contributed by atoms with Crippen LogP contribution < -0.4 is 4.74 Å². The number of benzene rings is 1. The van der Waals surface area contributed by atoms with Crippen LogP contribution in [0.25, 0.3) is 5.57 Å². The summed E-state index contributed by atoms with van der Waals surface area (Å²) in [5.41, 5.74) is 0.756. The fraction of sp³-hybridized carbons (Fsp3) is 0.357. The van der Waals surface area contributed by atoms with Gasteiger partial charge in [-0.05, 0) is 25.0 Å². The van der Waals surface area contributed by atoms with Crippen LogP contribution in [0.4, 0.5) is 8.78 Å². The number of carboxylic acid groups (broad SMARTS) is 1. The first-order valence-corrected chi connectivity index (χ1v) is 6.19. The molecule has 0 amide bonds. The van der Waals surface area contributed by atoms with Gasteiger partial charge in [0.2, 0.25) is 5.82 Å². The Balaban J connectivity index is 2.22. The van der Waals surface area contributed by atoms with Crippen LogP contribution in [0.1, 0.15) is 18.4 Å². The van der Waals surface area contributed by atoms with Crippen molar-refractivity contribution in [2.24, 2.45) is 0 Å². The van der Waals surface area contributed by atoms with Crippen molar-refractivity contribution < 1.29 is 28.2 Å². The zero-order valence-corrected chi connectivity index (χ0v) is 10.7.